The maximum Gasteiger partial charge on any atom is 0.416 e. The van der Waals surface area contributed by atoms with Crippen LogP contribution in [0, 0.1) is 13.8 Å². The Morgan fingerprint density at radius 2 is 1.56 bits per heavy atom. The first kappa shape index (κ1) is 22.9. The fourth-order valence-corrected chi connectivity index (χ4v) is 2.99. The Labute approximate surface area is 183 Å². The minimum Gasteiger partial charge on any atom is -0.376 e. The summed E-state index contributed by atoms with van der Waals surface area (Å²) in [5.74, 6) is -0.815. The van der Waals surface area contributed by atoms with Crippen LogP contribution in [0.4, 0.5) is 30.2 Å². The summed E-state index contributed by atoms with van der Waals surface area (Å²) in [6.45, 7) is 3.81. The maximum atomic E-state index is 12.9. The lowest BCUT2D eigenvalue weighted by Crippen LogP contribution is -2.22. The SMILES string of the molecule is Cc1ccc(C)c(NC(=O)CNc2cccc(C(=O)Nc3cccc(C(F)(F)F)c3)c2)c1. The molecule has 2 amide bonds. The zero-order valence-corrected chi connectivity index (χ0v) is 17.5. The fraction of sp³-hybridized carbons (Fsp3) is 0.167. The molecule has 8 heteroatoms. The van der Waals surface area contributed by atoms with Gasteiger partial charge in [-0.2, -0.15) is 13.2 Å². The van der Waals surface area contributed by atoms with Crippen LogP contribution in [-0.4, -0.2) is 18.4 Å². The van der Waals surface area contributed by atoms with Gasteiger partial charge in [0.2, 0.25) is 5.91 Å². The van der Waals surface area contributed by atoms with Crippen LogP contribution in [0.15, 0.2) is 66.7 Å². The number of rotatable bonds is 6. The van der Waals surface area contributed by atoms with E-state index >= 15 is 0 Å². The van der Waals surface area contributed by atoms with Crippen molar-refractivity contribution >= 4 is 28.9 Å². The molecule has 0 bridgehead atoms. The van der Waals surface area contributed by atoms with Crippen LogP contribution >= 0.6 is 0 Å². The second-order valence-electron chi connectivity index (χ2n) is 7.33. The summed E-state index contributed by atoms with van der Waals surface area (Å²) in [7, 11) is 0. The zero-order chi connectivity index (χ0) is 23.3. The first-order valence-electron chi connectivity index (χ1n) is 9.81. The molecule has 0 saturated carbocycles. The van der Waals surface area contributed by atoms with Crippen molar-refractivity contribution in [3.8, 4) is 0 Å². The van der Waals surface area contributed by atoms with Gasteiger partial charge >= 0.3 is 6.18 Å². The van der Waals surface area contributed by atoms with Gasteiger partial charge in [0.05, 0.1) is 12.1 Å². The van der Waals surface area contributed by atoms with Crippen molar-refractivity contribution in [2.45, 2.75) is 20.0 Å². The van der Waals surface area contributed by atoms with Gasteiger partial charge in [-0.05, 0) is 67.4 Å². The normalized spacial score (nSPS) is 11.0. The van der Waals surface area contributed by atoms with E-state index in [1.54, 1.807) is 12.1 Å². The maximum absolute atomic E-state index is 12.9. The largest absolute Gasteiger partial charge is 0.416 e. The Morgan fingerprint density at radius 3 is 2.31 bits per heavy atom. The Morgan fingerprint density at radius 1 is 0.844 bits per heavy atom. The molecule has 0 fully saturated rings. The lowest BCUT2D eigenvalue weighted by molar-refractivity contribution is -0.137. The van der Waals surface area contributed by atoms with E-state index in [1.165, 1.54) is 24.3 Å². The zero-order valence-electron chi connectivity index (χ0n) is 17.5. The number of alkyl halides is 3. The Bertz CT molecular complexity index is 1140. The number of hydrogen-bond donors (Lipinski definition) is 3. The van der Waals surface area contributed by atoms with Gasteiger partial charge in [-0.3, -0.25) is 9.59 Å². The predicted molar refractivity (Wildman–Crippen MR) is 119 cm³/mol. The standard InChI is InChI=1S/C24H22F3N3O2/c1-15-9-10-16(2)21(11-15)30-22(31)14-28-19-7-3-5-17(12-19)23(32)29-20-8-4-6-18(13-20)24(25,26)27/h3-13,28H,14H2,1-2H3,(H,29,32)(H,30,31). The third kappa shape index (κ3) is 6.10. The first-order chi connectivity index (χ1) is 15.1. The van der Waals surface area contributed by atoms with Crippen LogP contribution in [0.2, 0.25) is 0 Å². The van der Waals surface area contributed by atoms with E-state index in [2.05, 4.69) is 16.0 Å². The average Bonchev–Trinajstić information content (AvgIpc) is 2.75. The number of carbonyl (C=O) groups is 2. The van der Waals surface area contributed by atoms with Gasteiger partial charge in [-0.1, -0.05) is 24.3 Å². The van der Waals surface area contributed by atoms with Gasteiger partial charge in [-0.25, -0.2) is 0 Å². The van der Waals surface area contributed by atoms with E-state index in [0.717, 1.165) is 28.9 Å². The second-order valence-corrected chi connectivity index (χ2v) is 7.33. The van der Waals surface area contributed by atoms with Gasteiger partial charge < -0.3 is 16.0 Å². The molecule has 0 aliphatic carbocycles. The lowest BCUT2D eigenvalue weighted by atomic mass is 10.1. The summed E-state index contributed by atoms with van der Waals surface area (Å²) in [5, 5.41) is 8.24. The van der Waals surface area contributed by atoms with Crippen molar-refractivity contribution < 1.29 is 22.8 Å². The van der Waals surface area contributed by atoms with Gasteiger partial charge in [0, 0.05) is 22.6 Å². The highest BCUT2D eigenvalue weighted by Crippen LogP contribution is 2.30. The van der Waals surface area contributed by atoms with E-state index in [-0.39, 0.29) is 23.7 Å². The molecule has 3 aromatic carbocycles. The third-order valence-corrected chi connectivity index (χ3v) is 4.69. The van der Waals surface area contributed by atoms with Crippen LogP contribution in [0.25, 0.3) is 0 Å². The van der Waals surface area contributed by atoms with Crippen LogP contribution in [0.5, 0.6) is 0 Å². The minimum absolute atomic E-state index is 0.0217. The summed E-state index contributed by atoms with van der Waals surface area (Å²) in [6, 6.07) is 16.5. The number of hydrogen-bond acceptors (Lipinski definition) is 3. The molecule has 166 valence electrons. The van der Waals surface area contributed by atoms with Crippen molar-refractivity contribution in [1.82, 2.24) is 0 Å². The van der Waals surface area contributed by atoms with Crippen LogP contribution < -0.4 is 16.0 Å². The van der Waals surface area contributed by atoms with Crippen LogP contribution in [0.1, 0.15) is 27.0 Å². The highest BCUT2D eigenvalue weighted by Gasteiger charge is 2.30. The number of amides is 2. The number of benzene rings is 3. The first-order valence-corrected chi connectivity index (χ1v) is 9.81. The topological polar surface area (TPSA) is 70.2 Å². The van der Waals surface area contributed by atoms with E-state index in [4.69, 9.17) is 0 Å². The molecule has 3 rings (SSSR count). The van der Waals surface area contributed by atoms with Crippen molar-refractivity contribution in [1.29, 1.82) is 0 Å². The predicted octanol–water partition coefficient (Wildman–Crippen LogP) is 5.63. The van der Waals surface area contributed by atoms with E-state index in [0.29, 0.717) is 5.69 Å². The van der Waals surface area contributed by atoms with Crippen LogP contribution in [0.3, 0.4) is 0 Å². The molecule has 0 aromatic heterocycles. The molecule has 0 aliphatic heterocycles. The van der Waals surface area contributed by atoms with Gasteiger partial charge in [0.1, 0.15) is 0 Å². The minimum atomic E-state index is -4.50. The number of aryl methyl sites for hydroxylation is 2. The molecule has 0 unspecified atom stereocenters. The highest BCUT2D eigenvalue weighted by atomic mass is 19.4. The fourth-order valence-electron chi connectivity index (χ4n) is 2.99. The molecule has 0 atom stereocenters. The summed E-state index contributed by atoms with van der Waals surface area (Å²) < 4.78 is 38.6. The Kier molecular flexibility index (Phi) is 6.82. The molecule has 5 nitrogen and oxygen atoms in total. The Balaban J connectivity index is 1.62. The smallest absolute Gasteiger partial charge is 0.376 e. The number of halogens is 3. The molecule has 0 radical (unpaired) electrons. The second kappa shape index (κ2) is 9.55. The molecule has 3 aromatic rings. The summed E-state index contributed by atoms with van der Waals surface area (Å²) in [4.78, 5) is 24.8. The van der Waals surface area contributed by atoms with Gasteiger partial charge in [-0.15, -0.1) is 0 Å². The average molecular weight is 441 g/mol. The van der Waals surface area contributed by atoms with E-state index in [1.807, 2.05) is 32.0 Å². The molecular weight excluding hydrogens is 419 g/mol. The van der Waals surface area contributed by atoms with Crippen molar-refractivity contribution in [3.05, 3.63) is 89.0 Å². The van der Waals surface area contributed by atoms with Crippen molar-refractivity contribution in [2.75, 3.05) is 22.5 Å². The highest BCUT2D eigenvalue weighted by molar-refractivity contribution is 6.05. The van der Waals surface area contributed by atoms with Crippen LogP contribution in [-0.2, 0) is 11.0 Å². The summed E-state index contributed by atoms with van der Waals surface area (Å²) in [6.07, 6.45) is -4.50. The lowest BCUT2D eigenvalue weighted by Gasteiger charge is -2.12. The number of anilines is 3. The van der Waals surface area contributed by atoms with Gasteiger partial charge in [0.15, 0.2) is 0 Å². The van der Waals surface area contributed by atoms with Crippen molar-refractivity contribution in [2.24, 2.45) is 0 Å². The van der Waals surface area contributed by atoms with Gasteiger partial charge in [0.25, 0.3) is 5.91 Å². The molecule has 0 aliphatic rings. The monoisotopic (exact) mass is 441 g/mol. The van der Waals surface area contributed by atoms with E-state index < -0.39 is 17.6 Å². The number of carbonyl (C=O) groups excluding carboxylic acids is 2. The summed E-state index contributed by atoms with van der Waals surface area (Å²) >= 11 is 0. The third-order valence-electron chi connectivity index (χ3n) is 4.69. The molecular formula is C24H22F3N3O2. The molecule has 0 heterocycles. The molecule has 32 heavy (non-hydrogen) atoms. The quantitative estimate of drug-likeness (QED) is 0.465. The molecule has 0 saturated heterocycles. The van der Waals surface area contributed by atoms with E-state index in [9.17, 15) is 22.8 Å². The molecule has 0 spiro atoms. The molecule has 3 N–H and O–H groups in total. The van der Waals surface area contributed by atoms with Crippen molar-refractivity contribution in [3.63, 3.8) is 0 Å². The number of nitrogens with one attached hydrogen (secondary N) is 3. The Hall–Kier alpha value is -3.81. The summed E-state index contributed by atoms with van der Waals surface area (Å²) in [5.41, 5.74) is 2.65.